The highest BCUT2D eigenvalue weighted by Crippen LogP contribution is 2.13. The summed E-state index contributed by atoms with van der Waals surface area (Å²) >= 11 is 0. The molecule has 0 saturated heterocycles. The maximum Gasteiger partial charge on any atom is 0.346 e. The molecule has 0 aliphatic heterocycles. The van der Waals surface area contributed by atoms with Crippen LogP contribution in [-0.2, 0) is 14.1 Å². The van der Waals surface area contributed by atoms with Gasteiger partial charge in [-0.1, -0.05) is 6.07 Å². The monoisotopic (exact) mass is 276 g/mol. The lowest BCUT2D eigenvalue weighted by Crippen LogP contribution is -2.39. The van der Waals surface area contributed by atoms with E-state index in [2.05, 4.69) is 10.4 Å². The van der Waals surface area contributed by atoms with Crippen LogP contribution in [-0.4, -0.2) is 25.4 Å². The minimum absolute atomic E-state index is 0.0582. The van der Waals surface area contributed by atoms with Gasteiger partial charge in [0.25, 0.3) is 5.56 Å². The Balaban J connectivity index is 2.46. The summed E-state index contributed by atoms with van der Waals surface area (Å²) in [6, 6.07) is 5.94. The Bertz CT molecular complexity index is 791. The third kappa shape index (κ3) is 2.44. The molecule has 8 nitrogen and oxygen atoms in total. The molecule has 104 valence electrons. The molecule has 0 atom stereocenters. The first-order valence-corrected chi connectivity index (χ1v) is 5.65. The summed E-state index contributed by atoms with van der Waals surface area (Å²) in [6.45, 7) is 0. The molecule has 0 aliphatic rings. The van der Waals surface area contributed by atoms with Crippen molar-refractivity contribution in [2.24, 2.45) is 14.1 Å². The van der Waals surface area contributed by atoms with E-state index >= 15 is 0 Å². The van der Waals surface area contributed by atoms with Gasteiger partial charge < -0.3 is 10.4 Å². The number of benzene rings is 1. The topological polar surface area (TPSA) is 106 Å². The number of carboxylic acid groups (broad SMARTS) is 1. The Hall–Kier alpha value is -2.90. The van der Waals surface area contributed by atoms with Crippen LogP contribution in [0.2, 0.25) is 0 Å². The first-order chi connectivity index (χ1) is 9.40. The molecule has 0 saturated carbocycles. The van der Waals surface area contributed by atoms with E-state index in [1.807, 2.05) is 0 Å². The second kappa shape index (κ2) is 5.00. The van der Waals surface area contributed by atoms with Crippen LogP contribution in [0.4, 0.5) is 11.5 Å². The lowest BCUT2D eigenvalue weighted by Gasteiger charge is -2.08. The number of rotatable bonds is 3. The van der Waals surface area contributed by atoms with Gasteiger partial charge in [0.15, 0.2) is 0 Å². The number of nitrogens with zero attached hydrogens (tertiary/aromatic N) is 3. The Kier molecular flexibility index (Phi) is 3.38. The van der Waals surface area contributed by atoms with Crippen molar-refractivity contribution in [2.45, 2.75) is 0 Å². The van der Waals surface area contributed by atoms with Gasteiger partial charge in [-0.15, -0.1) is 5.10 Å². The maximum atomic E-state index is 11.9. The summed E-state index contributed by atoms with van der Waals surface area (Å²) in [7, 11) is 2.76. The highest BCUT2D eigenvalue weighted by atomic mass is 16.4. The maximum absolute atomic E-state index is 11.9. The molecule has 0 aliphatic carbocycles. The molecule has 1 aromatic heterocycles. The molecule has 0 amide bonds. The Morgan fingerprint density at radius 3 is 2.65 bits per heavy atom. The molecule has 2 aromatic rings. The molecule has 0 unspecified atom stereocenters. The number of aromatic carboxylic acids is 1. The van der Waals surface area contributed by atoms with Crippen molar-refractivity contribution in [1.82, 2.24) is 14.3 Å². The fraction of sp³-hybridized carbons (Fsp3) is 0.167. The van der Waals surface area contributed by atoms with Crippen LogP contribution in [0, 0.1) is 0 Å². The van der Waals surface area contributed by atoms with E-state index in [9.17, 15) is 14.4 Å². The Morgan fingerprint density at radius 1 is 1.30 bits per heavy atom. The molecule has 1 aromatic carbocycles. The van der Waals surface area contributed by atoms with E-state index in [1.165, 1.54) is 32.3 Å². The molecular formula is C12H12N4O4. The number of hydrogen-bond acceptors (Lipinski definition) is 5. The average molecular weight is 276 g/mol. The van der Waals surface area contributed by atoms with Gasteiger partial charge in [0.2, 0.25) is 5.82 Å². The number of anilines is 2. The van der Waals surface area contributed by atoms with Crippen molar-refractivity contribution in [3.8, 4) is 0 Å². The van der Waals surface area contributed by atoms with Gasteiger partial charge in [-0.05, 0) is 18.2 Å². The van der Waals surface area contributed by atoms with Gasteiger partial charge >= 0.3 is 11.7 Å². The van der Waals surface area contributed by atoms with E-state index in [1.54, 1.807) is 6.07 Å². The third-order valence-corrected chi connectivity index (χ3v) is 2.69. The molecule has 2 N–H and O–H groups in total. The number of carbonyl (C=O) groups is 1. The summed E-state index contributed by atoms with van der Waals surface area (Å²) in [4.78, 5) is 34.2. The van der Waals surface area contributed by atoms with Crippen LogP contribution in [0.1, 0.15) is 10.4 Å². The number of hydrogen-bond donors (Lipinski definition) is 2. The van der Waals surface area contributed by atoms with Gasteiger partial charge in [0.05, 0.1) is 5.56 Å². The molecule has 0 radical (unpaired) electrons. The smallest absolute Gasteiger partial charge is 0.346 e. The van der Waals surface area contributed by atoms with Crippen molar-refractivity contribution in [1.29, 1.82) is 0 Å². The minimum atomic E-state index is -1.07. The first-order valence-electron chi connectivity index (χ1n) is 5.65. The lowest BCUT2D eigenvalue weighted by molar-refractivity contribution is 0.0697. The van der Waals surface area contributed by atoms with Crippen molar-refractivity contribution in [3.63, 3.8) is 0 Å². The number of nitrogens with one attached hydrogen (secondary N) is 1. The van der Waals surface area contributed by atoms with Crippen LogP contribution in [0.5, 0.6) is 0 Å². The largest absolute Gasteiger partial charge is 0.478 e. The first kappa shape index (κ1) is 13.5. The highest BCUT2D eigenvalue weighted by molar-refractivity contribution is 5.89. The fourth-order valence-electron chi connectivity index (χ4n) is 1.64. The normalized spacial score (nSPS) is 10.3. The van der Waals surface area contributed by atoms with Crippen molar-refractivity contribution >= 4 is 17.5 Å². The molecular weight excluding hydrogens is 264 g/mol. The van der Waals surface area contributed by atoms with Gasteiger partial charge in [-0.2, -0.15) is 0 Å². The number of aromatic nitrogens is 3. The summed E-state index contributed by atoms with van der Waals surface area (Å²) in [5.41, 5.74) is -0.654. The molecule has 0 fully saturated rings. The fourth-order valence-corrected chi connectivity index (χ4v) is 1.64. The van der Waals surface area contributed by atoms with Gasteiger partial charge in [0.1, 0.15) is 0 Å². The molecule has 0 bridgehead atoms. The van der Waals surface area contributed by atoms with Crippen LogP contribution in [0.25, 0.3) is 0 Å². The summed E-state index contributed by atoms with van der Waals surface area (Å²) in [6.07, 6.45) is 0. The summed E-state index contributed by atoms with van der Waals surface area (Å²) in [5, 5.41) is 15.4. The second-order valence-corrected chi connectivity index (χ2v) is 4.13. The van der Waals surface area contributed by atoms with E-state index in [0.29, 0.717) is 5.69 Å². The zero-order valence-corrected chi connectivity index (χ0v) is 10.8. The van der Waals surface area contributed by atoms with Gasteiger partial charge in [-0.25, -0.2) is 14.3 Å². The average Bonchev–Trinajstić information content (AvgIpc) is 2.42. The van der Waals surface area contributed by atoms with Crippen molar-refractivity contribution in [2.75, 3.05) is 5.32 Å². The summed E-state index contributed by atoms with van der Waals surface area (Å²) < 4.78 is 1.93. The SMILES string of the molecule is Cn1nc(Nc2cccc(C(=O)O)c2)c(=O)n(C)c1=O. The predicted octanol–water partition coefficient (Wildman–Crippen LogP) is -0.0792. The van der Waals surface area contributed by atoms with E-state index in [4.69, 9.17) is 5.11 Å². The molecule has 20 heavy (non-hydrogen) atoms. The Morgan fingerprint density at radius 2 is 2.00 bits per heavy atom. The zero-order valence-electron chi connectivity index (χ0n) is 10.8. The zero-order chi connectivity index (χ0) is 14.9. The third-order valence-electron chi connectivity index (χ3n) is 2.69. The summed E-state index contributed by atoms with van der Waals surface area (Å²) in [5.74, 6) is -1.13. The molecule has 0 spiro atoms. The molecule has 8 heteroatoms. The van der Waals surface area contributed by atoms with Crippen LogP contribution in [0.3, 0.4) is 0 Å². The Labute approximate surface area is 112 Å². The lowest BCUT2D eigenvalue weighted by atomic mass is 10.2. The van der Waals surface area contributed by atoms with Gasteiger partial charge in [-0.3, -0.25) is 9.36 Å². The van der Waals surface area contributed by atoms with Crippen LogP contribution >= 0.6 is 0 Å². The van der Waals surface area contributed by atoms with Crippen molar-refractivity contribution < 1.29 is 9.90 Å². The van der Waals surface area contributed by atoms with Crippen molar-refractivity contribution in [3.05, 3.63) is 50.7 Å². The molecule has 1 heterocycles. The highest BCUT2D eigenvalue weighted by Gasteiger charge is 2.10. The van der Waals surface area contributed by atoms with Gasteiger partial charge in [0, 0.05) is 19.8 Å². The van der Waals surface area contributed by atoms with E-state index in [0.717, 1.165) is 9.25 Å². The predicted molar refractivity (Wildman–Crippen MR) is 71.4 cm³/mol. The van der Waals surface area contributed by atoms with E-state index in [-0.39, 0.29) is 11.4 Å². The standard InChI is InChI=1S/C12H12N4O4/c1-15-10(17)9(14-16(2)12(15)20)13-8-5-3-4-7(6-8)11(18)19/h3-6H,1-2H3,(H,13,14)(H,18,19). The quantitative estimate of drug-likeness (QED) is 0.812. The molecule has 2 rings (SSSR count). The van der Waals surface area contributed by atoms with Crippen LogP contribution < -0.4 is 16.6 Å². The van der Waals surface area contributed by atoms with E-state index < -0.39 is 17.2 Å². The minimum Gasteiger partial charge on any atom is -0.478 e. The number of carboxylic acids is 1. The second-order valence-electron chi connectivity index (χ2n) is 4.13. The van der Waals surface area contributed by atoms with Crippen LogP contribution in [0.15, 0.2) is 33.9 Å². The number of aryl methyl sites for hydroxylation is 1.